The highest BCUT2D eigenvalue weighted by molar-refractivity contribution is 6.74. The van der Waals surface area contributed by atoms with Crippen molar-refractivity contribution in [1.29, 1.82) is 0 Å². The fourth-order valence-electron chi connectivity index (χ4n) is 2.83. The molecule has 28 heavy (non-hydrogen) atoms. The Labute approximate surface area is 171 Å². The lowest BCUT2D eigenvalue weighted by atomic mass is 10.2. The summed E-state index contributed by atoms with van der Waals surface area (Å²) >= 11 is 0. The lowest BCUT2D eigenvalue weighted by Crippen LogP contribution is -2.55. The molecule has 1 amide bonds. The third kappa shape index (κ3) is 5.58. The monoisotopic (exact) mass is 407 g/mol. The standard InChI is InChI=1S/C22H37NO4Si/c1-20(2,3)26-19(25)23(16-17-12-10-9-11-13-17)18(24)22(14-15-22)27-28(7,8)21(4,5)6/h9-13,18,24H,14-16H2,1-8H3. The zero-order valence-electron chi connectivity index (χ0n) is 18.7. The van der Waals surface area contributed by atoms with Crippen molar-refractivity contribution in [2.45, 2.75) is 96.5 Å². The Morgan fingerprint density at radius 1 is 1.14 bits per heavy atom. The van der Waals surface area contributed by atoms with E-state index in [1.165, 1.54) is 4.90 Å². The van der Waals surface area contributed by atoms with Crippen LogP contribution < -0.4 is 0 Å². The summed E-state index contributed by atoms with van der Waals surface area (Å²) in [6.07, 6.45) is -0.0746. The fourth-order valence-corrected chi connectivity index (χ4v) is 4.46. The second-order valence-corrected chi connectivity index (χ2v) is 15.1. The van der Waals surface area contributed by atoms with Gasteiger partial charge in [-0.3, -0.25) is 4.90 Å². The molecule has 0 aliphatic heterocycles. The van der Waals surface area contributed by atoms with E-state index in [9.17, 15) is 9.90 Å². The minimum Gasteiger partial charge on any atom is -0.444 e. The van der Waals surface area contributed by atoms with Gasteiger partial charge in [0.25, 0.3) is 0 Å². The maximum Gasteiger partial charge on any atom is 0.412 e. The van der Waals surface area contributed by atoms with Crippen LogP contribution >= 0.6 is 0 Å². The van der Waals surface area contributed by atoms with Gasteiger partial charge in [-0.25, -0.2) is 4.79 Å². The summed E-state index contributed by atoms with van der Waals surface area (Å²) in [7, 11) is -2.10. The van der Waals surface area contributed by atoms with Crippen molar-refractivity contribution >= 4 is 14.4 Å². The van der Waals surface area contributed by atoms with Gasteiger partial charge in [0, 0.05) is 0 Å². The summed E-state index contributed by atoms with van der Waals surface area (Å²) in [6, 6.07) is 9.67. The van der Waals surface area contributed by atoms with E-state index in [1.54, 1.807) is 0 Å². The molecule has 0 heterocycles. The maximum absolute atomic E-state index is 12.9. The summed E-state index contributed by atoms with van der Waals surface area (Å²) in [5.74, 6) is 0. The number of hydrogen-bond acceptors (Lipinski definition) is 4. The van der Waals surface area contributed by atoms with Gasteiger partial charge in [0.15, 0.2) is 14.5 Å². The molecule has 1 aromatic rings. The molecule has 1 atom stereocenters. The molecule has 1 aliphatic carbocycles. The zero-order valence-corrected chi connectivity index (χ0v) is 19.7. The molecule has 158 valence electrons. The van der Waals surface area contributed by atoms with Gasteiger partial charge in [-0.2, -0.15) is 0 Å². The number of amides is 1. The third-order valence-corrected chi connectivity index (χ3v) is 10.1. The fraction of sp³-hybridized carbons (Fsp3) is 0.682. The van der Waals surface area contributed by atoms with Gasteiger partial charge < -0.3 is 14.3 Å². The Morgan fingerprint density at radius 2 is 1.68 bits per heavy atom. The average molecular weight is 408 g/mol. The van der Waals surface area contributed by atoms with E-state index in [0.717, 1.165) is 18.4 Å². The Hall–Kier alpha value is -1.37. The molecule has 0 aromatic heterocycles. The van der Waals surface area contributed by atoms with Crippen molar-refractivity contribution in [2.75, 3.05) is 0 Å². The largest absolute Gasteiger partial charge is 0.444 e. The lowest BCUT2D eigenvalue weighted by molar-refractivity contribution is -0.0961. The molecule has 1 fully saturated rings. The number of carbonyl (C=O) groups is 1. The van der Waals surface area contributed by atoms with E-state index >= 15 is 0 Å². The Morgan fingerprint density at radius 3 is 2.11 bits per heavy atom. The molecule has 1 aliphatic rings. The van der Waals surface area contributed by atoms with Crippen LogP contribution in [0.2, 0.25) is 18.1 Å². The van der Waals surface area contributed by atoms with Gasteiger partial charge in [0.05, 0.1) is 6.54 Å². The van der Waals surface area contributed by atoms with Crippen LogP contribution in [0.1, 0.15) is 59.9 Å². The summed E-state index contributed by atoms with van der Waals surface area (Å²) in [5.41, 5.74) is -0.396. The van der Waals surface area contributed by atoms with Crippen molar-refractivity contribution in [1.82, 2.24) is 4.90 Å². The first kappa shape index (κ1) is 22.9. The summed E-state index contributed by atoms with van der Waals surface area (Å²) in [4.78, 5) is 14.4. The molecule has 0 radical (unpaired) electrons. The predicted octanol–water partition coefficient (Wildman–Crippen LogP) is 5.30. The Balaban J connectivity index is 2.27. The zero-order chi connectivity index (χ0) is 21.4. The Kier molecular flexibility index (Phi) is 6.39. The summed E-state index contributed by atoms with van der Waals surface area (Å²) < 4.78 is 12.2. The molecule has 1 N–H and O–H groups in total. The predicted molar refractivity (Wildman–Crippen MR) is 114 cm³/mol. The molecular formula is C22H37NO4Si. The van der Waals surface area contributed by atoms with Gasteiger partial charge in [0.2, 0.25) is 0 Å². The first-order valence-electron chi connectivity index (χ1n) is 10.1. The smallest absolute Gasteiger partial charge is 0.412 e. The molecule has 1 saturated carbocycles. The van der Waals surface area contributed by atoms with Crippen LogP contribution in [0.15, 0.2) is 30.3 Å². The number of nitrogens with zero attached hydrogens (tertiary/aromatic N) is 1. The molecule has 0 bridgehead atoms. The number of aliphatic hydroxyl groups excluding tert-OH is 1. The molecule has 2 rings (SSSR count). The van der Waals surface area contributed by atoms with Crippen molar-refractivity contribution < 1.29 is 19.1 Å². The minimum absolute atomic E-state index is 0.0263. The first-order valence-corrected chi connectivity index (χ1v) is 13.0. The number of aliphatic hydroxyl groups is 1. The second-order valence-electron chi connectivity index (χ2n) is 10.4. The van der Waals surface area contributed by atoms with E-state index in [0.29, 0.717) is 0 Å². The van der Waals surface area contributed by atoms with Gasteiger partial charge in [-0.05, 0) is 57.3 Å². The number of ether oxygens (including phenoxy) is 1. The minimum atomic E-state index is -2.10. The van der Waals surface area contributed by atoms with Gasteiger partial charge in [-0.1, -0.05) is 51.1 Å². The molecule has 1 unspecified atom stereocenters. The number of hydrogen-bond donors (Lipinski definition) is 1. The van der Waals surface area contributed by atoms with Gasteiger partial charge in [0.1, 0.15) is 11.2 Å². The average Bonchev–Trinajstić information content (AvgIpc) is 3.30. The maximum atomic E-state index is 12.9. The molecule has 1 aromatic carbocycles. The van der Waals surface area contributed by atoms with Gasteiger partial charge >= 0.3 is 6.09 Å². The quantitative estimate of drug-likeness (QED) is 0.514. The lowest BCUT2D eigenvalue weighted by Gasteiger charge is -2.43. The van der Waals surface area contributed by atoms with Crippen LogP contribution in [0.5, 0.6) is 0 Å². The highest BCUT2D eigenvalue weighted by Crippen LogP contribution is 2.50. The van der Waals surface area contributed by atoms with Crippen LogP contribution in [0.4, 0.5) is 4.79 Å². The number of rotatable bonds is 6. The van der Waals surface area contributed by atoms with E-state index in [-0.39, 0.29) is 11.6 Å². The van der Waals surface area contributed by atoms with Crippen LogP contribution in [-0.4, -0.2) is 41.8 Å². The molecule has 6 heteroatoms. The molecule has 0 saturated heterocycles. The van der Waals surface area contributed by atoms with Crippen molar-refractivity contribution in [2.24, 2.45) is 0 Å². The van der Waals surface area contributed by atoms with Crippen LogP contribution in [0.25, 0.3) is 0 Å². The third-order valence-electron chi connectivity index (χ3n) is 5.60. The van der Waals surface area contributed by atoms with Crippen molar-refractivity contribution in [3.8, 4) is 0 Å². The number of carbonyl (C=O) groups excluding carboxylic acids is 1. The van der Waals surface area contributed by atoms with E-state index in [4.69, 9.17) is 9.16 Å². The SMILES string of the molecule is CC(C)(C)OC(=O)N(Cc1ccccc1)C(O)C1(O[Si](C)(C)C(C)(C)C)CC1. The highest BCUT2D eigenvalue weighted by atomic mass is 28.4. The van der Waals surface area contributed by atoms with Gasteiger partial charge in [-0.15, -0.1) is 0 Å². The van der Waals surface area contributed by atoms with E-state index in [1.807, 2.05) is 51.1 Å². The van der Waals surface area contributed by atoms with Crippen LogP contribution in [0.3, 0.4) is 0 Å². The first-order chi connectivity index (χ1) is 12.7. The highest BCUT2D eigenvalue weighted by Gasteiger charge is 2.58. The van der Waals surface area contributed by atoms with Crippen LogP contribution in [0, 0.1) is 0 Å². The Bertz CT molecular complexity index is 672. The van der Waals surface area contributed by atoms with Crippen molar-refractivity contribution in [3.63, 3.8) is 0 Å². The number of benzene rings is 1. The normalized spacial score (nSPS) is 17.8. The molecule has 5 nitrogen and oxygen atoms in total. The summed E-state index contributed by atoms with van der Waals surface area (Å²) in [5, 5.41) is 11.3. The van der Waals surface area contributed by atoms with E-state index in [2.05, 4.69) is 33.9 Å². The second kappa shape index (κ2) is 7.80. The molecule has 0 spiro atoms. The summed E-state index contributed by atoms with van der Waals surface area (Å²) in [6.45, 7) is 16.7. The van der Waals surface area contributed by atoms with E-state index < -0.39 is 31.8 Å². The van der Waals surface area contributed by atoms with Crippen molar-refractivity contribution in [3.05, 3.63) is 35.9 Å². The molecular weight excluding hydrogens is 370 g/mol. The van der Waals surface area contributed by atoms with Crippen LogP contribution in [-0.2, 0) is 15.7 Å². The topological polar surface area (TPSA) is 59.0 Å².